The zero-order valence-corrected chi connectivity index (χ0v) is 10.4. The minimum absolute atomic E-state index is 0.358. The highest BCUT2D eigenvalue weighted by Gasteiger charge is 2.42. The third-order valence-electron chi connectivity index (χ3n) is 3.29. The summed E-state index contributed by atoms with van der Waals surface area (Å²) in [5, 5.41) is 0. The van der Waals surface area contributed by atoms with Crippen molar-refractivity contribution in [3.8, 4) is 11.5 Å². The van der Waals surface area contributed by atoms with Crippen LogP contribution in [0.2, 0.25) is 0 Å². The van der Waals surface area contributed by atoms with Crippen molar-refractivity contribution in [2.45, 2.75) is 26.2 Å². The van der Waals surface area contributed by atoms with Crippen LogP contribution in [0.5, 0.6) is 11.5 Å². The van der Waals surface area contributed by atoms with E-state index in [1.807, 2.05) is 31.2 Å². The Morgan fingerprint density at radius 2 is 1.94 bits per heavy atom. The van der Waals surface area contributed by atoms with Crippen molar-refractivity contribution in [1.82, 2.24) is 0 Å². The molecule has 0 bridgehead atoms. The Balaban J connectivity index is 1.88. The van der Waals surface area contributed by atoms with E-state index in [4.69, 9.17) is 15.2 Å². The fourth-order valence-corrected chi connectivity index (χ4v) is 2.01. The van der Waals surface area contributed by atoms with Gasteiger partial charge in [-0.05, 0) is 44.9 Å². The quantitative estimate of drug-likeness (QED) is 0.790. The monoisotopic (exact) mass is 235 g/mol. The van der Waals surface area contributed by atoms with E-state index in [-0.39, 0.29) is 0 Å². The van der Waals surface area contributed by atoms with E-state index in [0.29, 0.717) is 12.0 Å². The summed E-state index contributed by atoms with van der Waals surface area (Å²) in [5.74, 6) is 1.76. The van der Waals surface area contributed by atoms with E-state index in [9.17, 15) is 0 Å². The van der Waals surface area contributed by atoms with Crippen LogP contribution in [-0.2, 0) is 0 Å². The molecule has 17 heavy (non-hydrogen) atoms. The summed E-state index contributed by atoms with van der Waals surface area (Å²) in [6.07, 6.45) is 3.56. The molecule has 3 nitrogen and oxygen atoms in total. The molecule has 0 unspecified atom stereocenters. The Hall–Kier alpha value is -1.22. The smallest absolute Gasteiger partial charge is 0.123 e. The van der Waals surface area contributed by atoms with Crippen LogP contribution in [0, 0.1) is 5.41 Å². The molecule has 0 aromatic heterocycles. The molecule has 2 N–H and O–H groups in total. The topological polar surface area (TPSA) is 44.5 Å². The lowest BCUT2D eigenvalue weighted by molar-refractivity contribution is 0.225. The first-order chi connectivity index (χ1) is 8.28. The van der Waals surface area contributed by atoms with E-state index >= 15 is 0 Å². The van der Waals surface area contributed by atoms with Gasteiger partial charge in [0.25, 0.3) is 0 Å². The predicted molar refractivity (Wildman–Crippen MR) is 68.4 cm³/mol. The van der Waals surface area contributed by atoms with Crippen molar-refractivity contribution in [3.05, 3.63) is 24.3 Å². The predicted octanol–water partition coefficient (Wildman–Crippen LogP) is 2.59. The van der Waals surface area contributed by atoms with Gasteiger partial charge in [-0.3, -0.25) is 0 Å². The molecule has 0 radical (unpaired) electrons. The van der Waals surface area contributed by atoms with Crippen molar-refractivity contribution < 1.29 is 9.47 Å². The molecule has 1 aromatic rings. The minimum Gasteiger partial charge on any atom is -0.494 e. The van der Waals surface area contributed by atoms with Gasteiger partial charge >= 0.3 is 0 Å². The second-order valence-electron chi connectivity index (χ2n) is 4.74. The summed E-state index contributed by atoms with van der Waals surface area (Å²) in [6, 6.07) is 7.83. The van der Waals surface area contributed by atoms with Gasteiger partial charge in [0.15, 0.2) is 0 Å². The molecular formula is C14H21NO2. The summed E-state index contributed by atoms with van der Waals surface area (Å²) in [7, 11) is 0. The number of hydrogen-bond donors (Lipinski definition) is 1. The van der Waals surface area contributed by atoms with E-state index in [1.165, 1.54) is 12.8 Å². The van der Waals surface area contributed by atoms with Crippen LogP contribution >= 0.6 is 0 Å². The Morgan fingerprint density at radius 1 is 1.24 bits per heavy atom. The molecule has 1 fully saturated rings. The van der Waals surface area contributed by atoms with Crippen LogP contribution in [0.25, 0.3) is 0 Å². The van der Waals surface area contributed by atoms with Gasteiger partial charge in [-0.2, -0.15) is 0 Å². The van der Waals surface area contributed by atoms with Gasteiger partial charge in [0.05, 0.1) is 13.2 Å². The lowest BCUT2D eigenvalue weighted by atomic mass is 10.0. The number of nitrogens with two attached hydrogens (primary N) is 1. The van der Waals surface area contributed by atoms with Gasteiger partial charge in [-0.15, -0.1) is 0 Å². The molecule has 0 spiro atoms. The maximum Gasteiger partial charge on any atom is 0.123 e. The van der Waals surface area contributed by atoms with Crippen LogP contribution in [-0.4, -0.2) is 19.8 Å². The van der Waals surface area contributed by atoms with Crippen molar-refractivity contribution in [1.29, 1.82) is 0 Å². The zero-order chi connectivity index (χ0) is 12.1. The zero-order valence-electron chi connectivity index (χ0n) is 10.4. The molecule has 2 rings (SSSR count). The Kier molecular flexibility index (Phi) is 3.89. The van der Waals surface area contributed by atoms with Crippen LogP contribution in [0.1, 0.15) is 26.2 Å². The van der Waals surface area contributed by atoms with Crippen molar-refractivity contribution in [2.24, 2.45) is 11.1 Å². The first-order valence-corrected chi connectivity index (χ1v) is 6.34. The van der Waals surface area contributed by atoms with Gasteiger partial charge in [0, 0.05) is 11.5 Å². The standard InChI is InChI=1S/C14H21NO2/c1-2-16-12-4-3-5-13(10-12)17-11-14(6-7-14)8-9-15/h3-5,10H,2,6-9,11,15H2,1H3. The highest BCUT2D eigenvalue weighted by Crippen LogP contribution is 2.48. The summed E-state index contributed by atoms with van der Waals surface area (Å²) in [5.41, 5.74) is 5.97. The lowest BCUT2D eigenvalue weighted by Crippen LogP contribution is -2.17. The van der Waals surface area contributed by atoms with Gasteiger partial charge in [0.1, 0.15) is 11.5 Å². The molecule has 1 aliphatic carbocycles. The lowest BCUT2D eigenvalue weighted by Gasteiger charge is -2.15. The minimum atomic E-state index is 0.358. The summed E-state index contributed by atoms with van der Waals surface area (Å²) in [6.45, 7) is 4.19. The second-order valence-corrected chi connectivity index (χ2v) is 4.74. The highest BCUT2D eigenvalue weighted by molar-refractivity contribution is 5.33. The average Bonchev–Trinajstić information content (AvgIpc) is 3.09. The SMILES string of the molecule is CCOc1cccc(OCC2(CCN)CC2)c1. The molecule has 0 saturated heterocycles. The van der Waals surface area contributed by atoms with E-state index in [2.05, 4.69) is 0 Å². The number of benzene rings is 1. The summed E-state index contributed by atoms with van der Waals surface area (Å²) >= 11 is 0. The summed E-state index contributed by atoms with van der Waals surface area (Å²) < 4.78 is 11.3. The van der Waals surface area contributed by atoms with Crippen molar-refractivity contribution >= 4 is 0 Å². The first-order valence-electron chi connectivity index (χ1n) is 6.34. The molecule has 0 atom stereocenters. The number of rotatable bonds is 7. The number of ether oxygens (including phenoxy) is 2. The van der Waals surface area contributed by atoms with Crippen LogP contribution in [0.4, 0.5) is 0 Å². The fourth-order valence-electron chi connectivity index (χ4n) is 2.01. The largest absolute Gasteiger partial charge is 0.494 e. The number of hydrogen-bond acceptors (Lipinski definition) is 3. The molecule has 0 amide bonds. The van der Waals surface area contributed by atoms with Crippen LogP contribution in [0.15, 0.2) is 24.3 Å². The van der Waals surface area contributed by atoms with Crippen molar-refractivity contribution in [3.63, 3.8) is 0 Å². The Labute approximate surface area is 103 Å². The van der Waals surface area contributed by atoms with Crippen LogP contribution < -0.4 is 15.2 Å². The normalized spacial score (nSPS) is 16.6. The molecule has 0 heterocycles. The molecule has 3 heteroatoms. The molecule has 94 valence electrons. The maximum atomic E-state index is 5.84. The Morgan fingerprint density at radius 3 is 2.53 bits per heavy atom. The molecular weight excluding hydrogens is 214 g/mol. The molecule has 1 saturated carbocycles. The highest BCUT2D eigenvalue weighted by atomic mass is 16.5. The van der Waals surface area contributed by atoms with Crippen molar-refractivity contribution in [2.75, 3.05) is 19.8 Å². The third-order valence-corrected chi connectivity index (χ3v) is 3.29. The molecule has 1 aromatic carbocycles. The Bertz CT molecular complexity index is 361. The summed E-state index contributed by atoms with van der Waals surface area (Å²) in [4.78, 5) is 0. The fraction of sp³-hybridized carbons (Fsp3) is 0.571. The van der Waals surface area contributed by atoms with Crippen LogP contribution in [0.3, 0.4) is 0 Å². The maximum absolute atomic E-state index is 5.84. The first kappa shape index (κ1) is 12.2. The van der Waals surface area contributed by atoms with Gasteiger partial charge in [-0.1, -0.05) is 6.07 Å². The molecule has 1 aliphatic rings. The van der Waals surface area contributed by atoms with Gasteiger partial charge in [0.2, 0.25) is 0 Å². The molecule has 0 aliphatic heterocycles. The van der Waals surface area contributed by atoms with E-state index in [0.717, 1.165) is 31.1 Å². The average molecular weight is 235 g/mol. The van der Waals surface area contributed by atoms with E-state index < -0.39 is 0 Å². The van der Waals surface area contributed by atoms with E-state index in [1.54, 1.807) is 0 Å². The second kappa shape index (κ2) is 5.41. The van der Waals surface area contributed by atoms with Gasteiger partial charge in [-0.25, -0.2) is 0 Å². The van der Waals surface area contributed by atoms with Gasteiger partial charge < -0.3 is 15.2 Å². The third kappa shape index (κ3) is 3.37.